The van der Waals surface area contributed by atoms with Gasteiger partial charge in [0.05, 0.1) is 0 Å². The highest BCUT2D eigenvalue weighted by molar-refractivity contribution is 5.58. The Balaban J connectivity index is 1.94. The minimum Gasteiger partial charge on any atom is -0.380 e. The molecule has 0 unspecified atom stereocenters. The maximum Gasteiger partial charge on any atom is 0.0364 e. The third-order valence-electron chi connectivity index (χ3n) is 5.13. The van der Waals surface area contributed by atoms with E-state index in [2.05, 4.69) is 139 Å². The number of benzene rings is 2. The smallest absolute Gasteiger partial charge is 0.0364 e. The summed E-state index contributed by atoms with van der Waals surface area (Å²) in [6.45, 7) is 22.2. The van der Waals surface area contributed by atoms with Crippen LogP contribution in [0.4, 0.5) is 22.7 Å². The molecule has 4 N–H and O–H groups in total. The van der Waals surface area contributed by atoms with Gasteiger partial charge in [0, 0.05) is 44.9 Å². The van der Waals surface area contributed by atoms with Crippen molar-refractivity contribution in [1.82, 2.24) is 0 Å². The molecule has 4 heteroatoms. The first-order valence-corrected chi connectivity index (χ1v) is 11.8. The van der Waals surface area contributed by atoms with Crippen molar-refractivity contribution in [1.29, 1.82) is 0 Å². The quantitative estimate of drug-likeness (QED) is 0.321. The highest BCUT2D eigenvalue weighted by Crippen LogP contribution is 2.28. The molecule has 0 amide bonds. The summed E-state index contributed by atoms with van der Waals surface area (Å²) >= 11 is 0. The largest absolute Gasteiger partial charge is 0.380 e. The predicted octanol–water partition coefficient (Wildman–Crippen LogP) is 7.97. The molecule has 2 aromatic carbocycles. The molecule has 2 aromatic rings. The molecule has 0 heterocycles. The average molecular weight is 439 g/mol. The van der Waals surface area contributed by atoms with Gasteiger partial charge in [0.1, 0.15) is 0 Å². The summed E-state index contributed by atoms with van der Waals surface area (Å²) in [5, 5.41) is 14.5. The van der Waals surface area contributed by atoms with Gasteiger partial charge in [-0.05, 0) is 125 Å². The molecule has 0 saturated carbocycles. The van der Waals surface area contributed by atoms with Gasteiger partial charge in [0.15, 0.2) is 0 Å². The SMILES string of the molecule is CC(C)(C)Nc1ccc(NC(C)(C)CCC(C)(C)Nc2cccc(NC(C)(C)C)c2)cc1. The van der Waals surface area contributed by atoms with E-state index in [1.54, 1.807) is 0 Å². The molecule has 0 aliphatic heterocycles. The molecule has 0 spiro atoms. The topological polar surface area (TPSA) is 48.1 Å². The minimum absolute atomic E-state index is 0.00639. The van der Waals surface area contributed by atoms with Gasteiger partial charge in [0.2, 0.25) is 0 Å². The van der Waals surface area contributed by atoms with E-state index >= 15 is 0 Å². The van der Waals surface area contributed by atoms with Crippen molar-refractivity contribution >= 4 is 22.7 Å². The first kappa shape index (κ1) is 25.9. The Labute approximate surface area is 197 Å². The second kappa shape index (κ2) is 9.64. The normalized spacial score (nSPS) is 12.9. The van der Waals surface area contributed by atoms with Crippen LogP contribution in [0.15, 0.2) is 48.5 Å². The average Bonchev–Trinajstić information content (AvgIpc) is 2.59. The minimum atomic E-state index is -0.0141. The molecular weight excluding hydrogens is 392 g/mol. The molecular formula is C28H46N4. The van der Waals surface area contributed by atoms with Crippen LogP contribution in [0.1, 0.15) is 82.1 Å². The van der Waals surface area contributed by atoms with Gasteiger partial charge in [-0.15, -0.1) is 0 Å². The van der Waals surface area contributed by atoms with E-state index in [1.165, 1.54) is 0 Å². The molecule has 0 aliphatic carbocycles. The highest BCUT2D eigenvalue weighted by Gasteiger charge is 2.24. The Morgan fingerprint density at radius 2 is 0.812 bits per heavy atom. The highest BCUT2D eigenvalue weighted by atomic mass is 15.0. The van der Waals surface area contributed by atoms with Crippen molar-refractivity contribution in [2.75, 3.05) is 21.3 Å². The van der Waals surface area contributed by atoms with E-state index < -0.39 is 0 Å². The maximum absolute atomic E-state index is 3.73. The summed E-state index contributed by atoms with van der Waals surface area (Å²) in [6.07, 6.45) is 2.10. The molecule has 2 rings (SSSR count). The van der Waals surface area contributed by atoms with Crippen LogP contribution in [0.2, 0.25) is 0 Å². The summed E-state index contributed by atoms with van der Waals surface area (Å²) in [5.41, 5.74) is 4.69. The van der Waals surface area contributed by atoms with Gasteiger partial charge in [-0.3, -0.25) is 0 Å². The lowest BCUT2D eigenvalue weighted by atomic mass is 9.89. The molecule has 32 heavy (non-hydrogen) atoms. The van der Waals surface area contributed by atoms with Crippen LogP contribution < -0.4 is 21.3 Å². The van der Waals surface area contributed by atoms with Gasteiger partial charge in [-0.25, -0.2) is 0 Å². The second-order valence-corrected chi connectivity index (χ2v) is 12.4. The van der Waals surface area contributed by atoms with E-state index in [-0.39, 0.29) is 22.2 Å². The first-order valence-electron chi connectivity index (χ1n) is 11.8. The summed E-state index contributed by atoms with van der Waals surface area (Å²) in [7, 11) is 0. The van der Waals surface area contributed by atoms with E-state index in [4.69, 9.17) is 0 Å². The number of anilines is 4. The van der Waals surface area contributed by atoms with Gasteiger partial charge in [-0.2, -0.15) is 0 Å². The van der Waals surface area contributed by atoms with Crippen LogP contribution in [0.3, 0.4) is 0 Å². The van der Waals surface area contributed by atoms with Crippen LogP contribution >= 0.6 is 0 Å². The van der Waals surface area contributed by atoms with Crippen molar-refractivity contribution in [2.24, 2.45) is 0 Å². The molecule has 178 valence electrons. The van der Waals surface area contributed by atoms with Crippen molar-refractivity contribution in [2.45, 2.75) is 104 Å². The van der Waals surface area contributed by atoms with E-state index in [0.717, 1.165) is 35.6 Å². The lowest BCUT2D eigenvalue weighted by Gasteiger charge is -2.34. The van der Waals surface area contributed by atoms with Crippen molar-refractivity contribution in [3.05, 3.63) is 48.5 Å². The lowest BCUT2D eigenvalue weighted by molar-refractivity contribution is 0.415. The summed E-state index contributed by atoms with van der Waals surface area (Å²) in [5.74, 6) is 0. The van der Waals surface area contributed by atoms with Crippen molar-refractivity contribution in [3.63, 3.8) is 0 Å². The fourth-order valence-corrected chi connectivity index (χ4v) is 3.71. The van der Waals surface area contributed by atoms with Crippen LogP contribution in [-0.4, -0.2) is 22.2 Å². The number of nitrogens with one attached hydrogen (secondary N) is 4. The molecule has 0 fully saturated rings. The zero-order valence-electron chi connectivity index (χ0n) is 22.0. The fourth-order valence-electron chi connectivity index (χ4n) is 3.71. The number of hydrogen-bond donors (Lipinski definition) is 4. The van der Waals surface area contributed by atoms with Gasteiger partial charge in [-0.1, -0.05) is 6.07 Å². The van der Waals surface area contributed by atoms with Gasteiger partial charge in [0.25, 0.3) is 0 Å². The van der Waals surface area contributed by atoms with E-state index in [0.29, 0.717) is 0 Å². The second-order valence-electron chi connectivity index (χ2n) is 12.4. The monoisotopic (exact) mass is 438 g/mol. The van der Waals surface area contributed by atoms with Crippen LogP contribution in [0.25, 0.3) is 0 Å². The first-order chi connectivity index (χ1) is 14.5. The van der Waals surface area contributed by atoms with Crippen LogP contribution in [0, 0.1) is 0 Å². The molecule has 0 bridgehead atoms. The summed E-state index contributed by atoms with van der Waals surface area (Å²) < 4.78 is 0. The number of rotatable bonds is 9. The third kappa shape index (κ3) is 9.84. The van der Waals surface area contributed by atoms with Gasteiger partial charge >= 0.3 is 0 Å². The zero-order chi connectivity index (χ0) is 24.2. The Morgan fingerprint density at radius 3 is 1.25 bits per heavy atom. The van der Waals surface area contributed by atoms with E-state index in [1.807, 2.05) is 0 Å². The maximum atomic E-state index is 3.73. The Hall–Kier alpha value is -2.36. The molecule has 4 nitrogen and oxygen atoms in total. The zero-order valence-corrected chi connectivity index (χ0v) is 22.0. The standard InChI is InChI=1S/C28H46N4/c1-25(2,3)29-21-14-16-22(17-15-21)31-27(7,8)18-19-28(9,10)32-24-13-11-12-23(20-24)30-26(4,5)6/h11-17,20,29-32H,18-19H2,1-10H3. The molecule has 0 radical (unpaired) electrons. The molecule has 0 aromatic heterocycles. The summed E-state index contributed by atoms with van der Waals surface area (Å²) in [4.78, 5) is 0. The Morgan fingerprint density at radius 1 is 0.469 bits per heavy atom. The third-order valence-corrected chi connectivity index (χ3v) is 5.13. The predicted molar refractivity (Wildman–Crippen MR) is 144 cm³/mol. The van der Waals surface area contributed by atoms with Crippen LogP contribution in [0.5, 0.6) is 0 Å². The number of hydrogen-bond acceptors (Lipinski definition) is 4. The molecule has 0 atom stereocenters. The van der Waals surface area contributed by atoms with Gasteiger partial charge < -0.3 is 21.3 Å². The summed E-state index contributed by atoms with van der Waals surface area (Å²) in [6, 6.07) is 17.2. The Bertz CT molecular complexity index is 852. The fraction of sp³-hybridized carbons (Fsp3) is 0.571. The lowest BCUT2D eigenvalue weighted by Crippen LogP contribution is -2.37. The molecule has 0 saturated heterocycles. The van der Waals surface area contributed by atoms with Crippen LogP contribution in [-0.2, 0) is 0 Å². The van der Waals surface area contributed by atoms with Crippen molar-refractivity contribution in [3.8, 4) is 0 Å². The van der Waals surface area contributed by atoms with Crippen molar-refractivity contribution < 1.29 is 0 Å². The molecule has 0 aliphatic rings. The Kier molecular flexibility index (Phi) is 7.80. The van der Waals surface area contributed by atoms with E-state index in [9.17, 15) is 0 Å².